The fraction of sp³-hybridized carbons (Fsp3) is 0.538. The van der Waals surface area contributed by atoms with Gasteiger partial charge in [0.05, 0.1) is 5.60 Å². The number of benzene rings is 1. The summed E-state index contributed by atoms with van der Waals surface area (Å²) in [5, 5.41) is 0.704. The standard InChI is InChI=1S/C13H19BrClNO/c1-13(2,17-3)5-4-12(16)9-6-10(14)8-11(15)7-9/h6-8,12H,4-5,16H2,1-3H3. The zero-order valence-corrected chi connectivity index (χ0v) is 12.8. The molecule has 0 bridgehead atoms. The lowest BCUT2D eigenvalue weighted by Gasteiger charge is -2.24. The number of halogens is 2. The van der Waals surface area contributed by atoms with Crippen LogP contribution in [0.4, 0.5) is 0 Å². The van der Waals surface area contributed by atoms with Crippen LogP contribution < -0.4 is 5.73 Å². The van der Waals surface area contributed by atoms with Gasteiger partial charge in [-0.3, -0.25) is 0 Å². The molecule has 0 aromatic heterocycles. The van der Waals surface area contributed by atoms with Crippen molar-refractivity contribution in [2.45, 2.75) is 38.3 Å². The van der Waals surface area contributed by atoms with E-state index in [1.54, 1.807) is 7.11 Å². The Bertz CT molecular complexity index is 361. The average Bonchev–Trinajstić information content (AvgIpc) is 2.24. The summed E-state index contributed by atoms with van der Waals surface area (Å²) in [5.41, 5.74) is 7.08. The van der Waals surface area contributed by atoms with Gasteiger partial charge in [-0.1, -0.05) is 27.5 Å². The minimum atomic E-state index is -0.132. The van der Waals surface area contributed by atoms with Crippen molar-refractivity contribution in [3.8, 4) is 0 Å². The number of ether oxygens (including phenoxy) is 1. The Kier molecular flexibility index (Phi) is 5.45. The van der Waals surface area contributed by atoms with E-state index >= 15 is 0 Å². The van der Waals surface area contributed by atoms with Gasteiger partial charge in [-0.25, -0.2) is 0 Å². The average molecular weight is 321 g/mol. The Morgan fingerprint density at radius 1 is 1.41 bits per heavy atom. The molecule has 96 valence electrons. The van der Waals surface area contributed by atoms with Crippen molar-refractivity contribution in [1.82, 2.24) is 0 Å². The normalized spacial score (nSPS) is 13.8. The molecule has 1 aromatic carbocycles. The number of methoxy groups -OCH3 is 1. The molecule has 0 radical (unpaired) electrons. The first kappa shape index (κ1) is 15.0. The van der Waals surface area contributed by atoms with E-state index in [0.29, 0.717) is 5.02 Å². The molecule has 17 heavy (non-hydrogen) atoms. The second kappa shape index (κ2) is 6.19. The number of hydrogen-bond donors (Lipinski definition) is 1. The van der Waals surface area contributed by atoms with E-state index in [4.69, 9.17) is 22.1 Å². The SMILES string of the molecule is COC(C)(C)CCC(N)c1cc(Cl)cc(Br)c1. The zero-order valence-electron chi connectivity index (χ0n) is 10.5. The minimum Gasteiger partial charge on any atom is -0.379 e. The Morgan fingerprint density at radius 2 is 2.06 bits per heavy atom. The predicted octanol–water partition coefficient (Wildman–Crippen LogP) is 4.31. The molecule has 2 N–H and O–H groups in total. The lowest BCUT2D eigenvalue weighted by Crippen LogP contribution is -2.24. The van der Waals surface area contributed by atoms with Gasteiger partial charge >= 0.3 is 0 Å². The lowest BCUT2D eigenvalue weighted by atomic mass is 9.95. The topological polar surface area (TPSA) is 35.2 Å². The van der Waals surface area contributed by atoms with Crippen LogP contribution in [0.3, 0.4) is 0 Å². The quantitative estimate of drug-likeness (QED) is 0.877. The van der Waals surface area contributed by atoms with Crippen molar-refractivity contribution in [3.05, 3.63) is 33.3 Å². The molecule has 1 aromatic rings. The Hall–Kier alpha value is -0.0900. The third-order valence-corrected chi connectivity index (χ3v) is 3.60. The highest BCUT2D eigenvalue weighted by atomic mass is 79.9. The van der Waals surface area contributed by atoms with Gasteiger partial charge in [-0.05, 0) is 50.5 Å². The van der Waals surface area contributed by atoms with E-state index in [-0.39, 0.29) is 11.6 Å². The summed E-state index contributed by atoms with van der Waals surface area (Å²) in [4.78, 5) is 0. The summed E-state index contributed by atoms with van der Waals surface area (Å²) in [5.74, 6) is 0. The van der Waals surface area contributed by atoms with Crippen LogP contribution in [0.25, 0.3) is 0 Å². The van der Waals surface area contributed by atoms with E-state index in [1.165, 1.54) is 0 Å². The summed E-state index contributed by atoms with van der Waals surface area (Å²) >= 11 is 9.42. The van der Waals surface area contributed by atoms with Crippen LogP contribution >= 0.6 is 27.5 Å². The maximum absolute atomic E-state index is 6.16. The van der Waals surface area contributed by atoms with Crippen molar-refractivity contribution in [2.24, 2.45) is 5.73 Å². The fourth-order valence-corrected chi connectivity index (χ4v) is 2.45. The third kappa shape index (κ3) is 4.96. The van der Waals surface area contributed by atoms with Crippen LogP contribution in [0.2, 0.25) is 5.02 Å². The zero-order chi connectivity index (χ0) is 13.1. The van der Waals surface area contributed by atoms with Gasteiger partial charge in [-0.15, -0.1) is 0 Å². The van der Waals surface area contributed by atoms with Crippen LogP contribution in [0.5, 0.6) is 0 Å². The first-order valence-corrected chi connectivity index (χ1v) is 6.78. The van der Waals surface area contributed by atoms with Crippen LogP contribution in [0.15, 0.2) is 22.7 Å². The highest BCUT2D eigenvalue weighted by Crippen LogP contribution is 2.27. The maximum Gasteiger partial charge on any atom is 0.0623 e. The van der Waals surface area contributed by atoms with Crippen molar-refractivity contribution in [3.63, 3.8) is 0 Å². The summed E-state index contributed by atoms with van der Waals surface area (Å²) in [6, 6.07) is 5.77. The first-order valence-electron chi connectivity index (χ1n) is 5.61. The molecular formula is C13H19BrClNO. The third-order valence-electron chi connectivity index (χ3n) is 2.92. The lowest BCUT2D eigenvalue weighted by molar-refractivity contribution is 0.0125. The molecule has 0 spiro atoms. The highest BCUT2D eigenvalue weighted by Gasteiger charge is 2.18. The summed E-state index contributed by atoms with van der Waals surface area (Å²) in [6.45, 7) is 4.13. The molecule has 0 saturated carbocycles. The van der Waals surface area contributed by atoms with E-state index in [9.17, 15) is 0 Å². The van der Waals surface area contributed by atoms with Gasteiger partial charge in [0, 0.05) is 22.6 Å². The first-order chi connectivity index (χ1) is 7.84. The second-order valence-corrected chi connectivity index (χ2v) is 6.16. The fourth-order valence-electron chi connectivity index (χ4n) is 1.56. The van der Waals surface area contributed by atoms with Gasteiger partial charge in [-0.2, -0.15) is 0 Å². The molecule has 0 heterocycles. The van der Waals surface area contributed by atoms with Crippen LogP contribution in [-0.4, -0.2) is 12.7 Å². The molecular weight excluding hydrogens is 302 g/mol. The van der Waals surface area contributed by atoms with E-state index in [1.807, 2.05) is 18.2 Å². The van der Waals surface area contributed by atoms with Crippen molar-refractivity contribution < 1.29 is 4.74 Å². The van der Waals surface area contributed by atoms with Crippen molar-refractivity contribution >= 4 is 27.5 Å². The molecule has 2 nitrogen and oxygen atoms in total. The van der Waals surface area contributed by atoms with Gasteiger partial charge < -0.3 is 10.5 Å². The highest BCUT2D eigenvalue weighted by molar-refractivity contribution is 9.10. The van der Waals surface area contributed by atoms with E-state index in [0.717, 1.165) is 22.9 Å². The van der Waals surface area contributed by atoms with Gasteiger partial charge in [0.1, 0.15) is 0 Å². The van der Waals surface area contributed by atoms with Crippen LogP contribution in [-0.2, 0) is 4.74 Å². The maximum atomic E-state index is 6.16. The molecule has 0 fully saturated rings. The second-order valence-electron chi connectivity index (χ2n) is 4.81. The number of rotatable bonds is 5. The van der Waals surface area contributed by atoms with Crippen LogP contribution in [0.1, 0.15) is 38.3 Å². The molecule has 0 saturated heterocycles. The predicted molar refractivity (Wildman–Crippen MR) is 76.4 cm³/mol. The molecule has 1 atom stereocenters. The summed E-state index contributed by atoms with van der Waals surface area (Å²) in [6.07, 6.45) is 1.78. The van der Waals surface area contributed by atoms with Crippen molar-refractivity contribution in [2.75, 3.05) is 7.11 Å². The Balaban J connectivity index is 2.67. The molecule has 4 heteroatoms. The van der Waals surface area contributed by atoms with E-state index in [2.05, 4.69) is 29.8 Å². The Morgan fingerprint density at radius 3 is 2.59 bits per heavy atom. The number of nitrogens with two attached hydrogens (primary N) is 1. The van der Waals surface area contributed by atoms with Gasteiger partial charge in [0.25, 0.3) is 0 Å². The number of hydrogen-bond acceptors (Lipinski definition) is 2. The molecule has 1 unspecified atom stereocenters. The van der Waals surface area contributed by atoms with Gasteiger partial charge in [0.15, 0.2) is 0 Å². The van der Waals surface area contributed by atoms with Crippen molar-refractivity contribution in [1.29, 1.82) is 0 Å². The summed E-state index contributed by atoms with van der Waals surface area (Å²) < 4.78 is 6.34. The molecule has 0 amide bonds. The molecule has 1 rings (SSSR count). The largest absolute Gasteiger partial charge is 0.379 e. The summed E-state index contributed by atoms with van der Waals surface area (Å²) in [7, 11) is 1.72. The van der Waals surface area contributed by atoms with Gasteiger partial charge in [0.2, 0.25) is 0 Å². The molecule has 0 aliphatic carbocycles. The monoisotopic (exact) mass is 319 g/mol. The molecule has 0 aliphatic rings. The molecule has 0 aliphatic heterocycles. The van der Waals surface area contributed by atoms with E-state index < -0.39 is 0 Å². The van der Waals surface area contributed by atoms with Crippen LogP contribution in [0, 0.1) is 0 Å². The minimum absolute atomic E-state index is 0.0144. The smallest absolute Gasteiger partial charge is 0.0623 e. The Labute approximate surface area is 117 Å².